The molecule has 0 aromatic carbocycles. The van der Waals surface area contributed by atoms with Crippen molar-refractivity contribution in [3.05, 3.63) is 17.3 Å². The van der Waals surface area contributed by atoms with Gasteiger partial charge in [-0.1, -0.05) is 20.8 Å². The van der Waals surface area contributed by atoms with Gasteiger partial charge in [0.25, 0.3) is 0 Å². The highest BCUT2D eigenvalue weighted by molar-refractivity contribution is 7.18. The Morgan fingerprint density at radius 3 is 2.71 bits per heavy atom. The van der Waals surface area contributed by atoms with Crippen LogP contribution in [0.25, 0.3) is 10.2 Å². The van der Waals surface area contributed by atoms with E-state index >= 15 is 0 Å². The van der Waals surface area contributed by atoms with E-state index < -0.39 is 0 Å². The first-order valence-electron chi connectivity index (χ1n) is 12.0. The Bertz CT molecular complexity index is 922. The van der Waals surface area contributed by atoms with Crippen LogP contribution >= 0.6 is 11.3 Å². The van der Waals surface area contributed by atoms with E-state index in [9.17, 15) is 5.02 Å². The lowest BCUT2D eigenvalue weighted by atomic mass is 9.71. The van der Waals surface area contributed by atoms with E-state index in [0.717, 1.165) is 43.2 Å². The lowest BCUT2D eigenvalue weighted by Gasteiger charge is -2.57. The van der Waals surface area contributed by atoms with E-state index in [0.29, 0.717) is 23.3 Å². The molecule has 3 saturated heterocycles. The maximum absolute atomic E-state index is 9.86. The van der Waals surface area contributed by atoms with E-state index in [1.54, 1.807) is 17.7 Å². The second kappa shape index (κ2) is 8.29. The molecule has 1 N–H and O–H groups in total. The molecule has 0 bridgehead atoms. The summed E-state index contributed by atoms with van der Waals surface area (Å²) in [6.45, 7) is 15.5. The van der Waals surface area contributed by atoms with Gasteiger partial charge in [-0.2, -0.15) is 0 Å². The molecule has 0 saturated carbocycles. The van der Waals surface area contributed by atoms with Crippen LogP contribution in [-0.4, -0.2) is 77.1 Å². The van der Waals surface area contributed by atoms with Gasteiger partial charge in [0.15, 0.2) is 0 Å². The van der Waals surface area contributed by atoms with Crippen molar-refractivity contribution in [3.63, 3.8) is 0 Å². The summed E-state index contributed by atoms with van der Waals surface area (Å²) in [6, 6.07) is 2.96. The zero-order chi connectivity index (χ0) is 21.8. The molecule has 3 fully saturated rings. The molecule has 2 aromatic rings. The smallest absolute Gasteiger partial charge is 0.376 e. The summed E-state index contributed by atoms with van der Waals surface area (Å²) in [7, 11) is -0.308. The maximum atomic E-state index is 9.86. The first-order valence-corrected chi connectivity index (χ1v) is 12.8. The third-order valence-electron chi connectivity index (χ3n) is 7.72. The van der Waals surface area contributed by atoms with Crippen LogP contribution in [0.15, 0.2) is 12.4 Å². The van der Waals surface area contributed by atoms with Gasteiger partial charge in [0.2, 0.25) is 0 Å². The fourth-order valence-electron chi connectivity index (χ4n) is 5.96. The van der Waals surface area contributed by atoms with Gasteiger partial charge in [-0.3, -0.25) is 4.90 Å². The van der Waals surface area contributed by atoms with Crippen LogP contribution in [0.3, 0.4) is 0 Å². The Hall–Kier alpha value is -1.22. The van der Waals surface area contributed by atoms with E-state index in [-0.39, 0.29) is 7.05 Å². The Morgan fingerprint density at radius 1 is 1.26 bits per heavy atom. The predicted molar refractivity (Wildman–Crippen MR) is 130 cm³/mol. The van der Waals surface area contributed by atoms with Crippen molar-refractivity contribution in [1.82, 2.24) is 19.7 Å². The molecular weight excluding hydrogens is 405 g/mol. The van der Waals surface area contributed by atoms with Crippen LogP contribution in [0.4, 0.5) is 5.82 Å². The van der Waals surface area contributed by atoms with Crippen molar-refractivity contribution in [1.29, 1.82) is 0 Å². The first-order chi connectivity index (χ1) is 14.9. The largest absolute Gasteiger partial charge is 0.437 e. The number of hydrogen-bond acceptors (Lipinski definition) is 7. The van der Waals surface area contributed by atoms with E-state index in [1.165, 1.54) is 36.2 Å². The number of hydrogen-bond donors (Lipinski definition) is 1. The third-order valence-corrected chi connectivity index (χ3v) is 8.90. The molecule has 3 aliphatic rings. The Kier molecular flexibility index (Phi) is 5.78. The average Bonchev–Trinajstić information content (AvgIpc) is 3.28. The number of aryl methyl sites for hydroxylation is 1. The van der Waals surface area contributed by atoms with Gasteiger partial charge in [0.1, 0.15) is 17.0 Å². The summed E-state index contributed by atoms with van der Waals surface area (Å²) < 4.78 is 0. The zero-order valence-corrected chi connectivity index (χ0v) is 20.2. The summed E-state index contributed by atoms with van der Waals surface area (Å²) in [5, 5.41) is 11.1. The summed E-state index contributed by atoms with van der Waals surface area (Å²) in [5.41, 5.74) is 0.420. The molecule has 6 nitrogen and oxygen atoms in total. The van der Waals surface area contributed by atoms with Gasteiger partial charge >= 0.3 is 7.05 Å². The molecule has 3 aliphatic heterocycles. The van der Waals surface area contributed by atoms with Gasteiger partial charge in [-0.15, -0.1) is 11.3 Å². The van der Waals surface area contributed by atoms with Crippen molar-refractivity contribution < 1.29 is 5.02 Å². The summed E-state index contributed by atoms with van der Waals surface area (Å²) in [4.78, 5) is 19.2. The highest BCUT2D eigenvalue weighted by Crippen LogP contribution is 2.45. The fourth-order valence-corrected chi connectivity index (χ4v) is 6.89. The predicted octanol–water partition coefficient (Wildman–Crippen LogP) is 3.22. The minimum Gasteiger partial charge on any atom is -0.437 e. The lowest BCUT2D eigenvalue weighted by molar-refractivity contribution is -0.0624. The molecule has 31 heavy (non-hydrogen) atoms. The number of thiophene rings is 1. The van der Waals surface area contributed by atoms with Crippen LogP contribution in [0.1, 0.15) is 38.5 Å². The van der Waals surface area contributed by atoms with Crippen LogP contribution in [0, 0.1) is 17.3 Å². The van der Waals surface area contributed by atoms with E-state index in [4.69, 9.17) is 4.98 Å². The van der Waals surface area contributed by atoms with Crippen molar-refractivity contribution >= 4 is 34.4 Å². The van der Waals surface area contributed by atoms with E-state index in [1.807, 2.05) is 6.82 Å². The van der Waals surface area contributed by atoms with Crippen molar-refractivity contribution in [3.8, 4) is 0 Å². The molecule has 0 radical (unpaired) electrons. The molecule has 0 aliphatic carbocycles. The molecule has 8 heteroatoms. The number of nitrogens with zero attached hydrogens (tertiary/aromatic N) is 5. The Labute approximate surface area is 190 Å². The van der Waals surface area contributed by atoms with Crippen molar-refractivity contribution in [2.24, 2.45) is 17.3 Å². The summed E-state index contributed by atoms with van der Waals surface area (Å²) in [6.07, 6.45) is 5.33. The number of fused-ring (bicyclic) bond motifs is 1. The SMILES string of the molecule is CCc1cc2c(N3CCC4(C3)CN([C@H](CC(C)C)C3CN(B(C)O)C3)C4)ncnc2s1. The van der Waals surface area contributed by atoms with Gasteiger partial charge in [0.05, 0.1) is 5.39 Å². The molecule has 0 unspecified atom stereocenters. The number of aromatic nitrogens is 2. The zero-order valence-electron chi connectivity index (χ0n) is 19.4. The molecule has 0 amide bonds. The molecule has 5 heterocycles. The summed E-state index contributed by atoms with van der Waals surface area (Å²) >= 11 is 1.81. The van der Waals surface area contributed by atoms with Gasteiger partial charge in [0, 0.05) is 42.5 Å². The normalized spacial score (nSPS) is 23.0. The molecule has 1 spiro atoms. The Balaban J connectivity index is 1.25. The second-order valence-electron chi connectivity index (χ2n) is 10.6. The minimum atomic E-state index is -0.308. The number of likely N-dealkylation sites (tertiary alicyclic amines) is 1. The van der Waals surface area contributed by atoms with Crippen LogP contribution < -0.4 is 4.90 Å². The quantitative estimate of drug-likeness (QED) is 0.666. The van der Waals surface area contributed by atoms with Gasteiger partial charge < -0.3 is 14.7 Å². The van der Waals surface area contributed by atoms with Crippen molar-refractivity contribution in [2.45, 2.75) is 52.9 Å². The molecule has 5 rings (SSSR count). The summed E-state index contributed by atoms with van der Waals surface area (Å²) in [5.74, 6) is 2.55. The number of anilines is 1. The number of rotatable bonds is 7. The fraction of sp³-hybridized carbons (Fsp3) is 0.739. The molecule has 1 atom stereocenters. The highest BCUT2D eigenvalue weighted by Gasteiger charge is 2.52. The topological polar surface area (TPSA) is 55.7 Å². The third kappa shape index (κ3) is 4.01. The van der Waals surface area contributed by atoms with E-state index in [2.05, 4.69) is 46.4 Å². The Morgan fingerprint density at radius 2 is 2.03 bits per heavy atom. The van der Waals surface area contributed by atoms with Gasteiger partial charge in [-0.25, -0.2) is 9.97 Å². The average molecular weight is 441 g/mol. The minimum absolute atomic E-state index is 0.308. The monoisotopic (exact) mass is 441 g/mol. The van der Waals surface area contributed by atoms with Crippen LogP contribution in [0.5, 0.6) is 0 Å². The van der Waals surface area contributed by atoms with Crippen LogP contribution in [-0.2, 0) is 6.42 Å². The molecular formula is C23H36BN5OS. The molecule has 168 valence electrons. The maximum Gasteiger partial charge on any atom is 0.376 e. The highest BCUT2D eigenvalue weighted by atomic mass is 32.1. The standard InChI is InChI=1S/C23H36BN5OS/c1-5-18-9-19-21(25-15-26-22(19)31-18)27-7-6-23(12-27)13-28(14-23)20(8-16(2)3)17-10-29(11-17)24(4)30/h9,15-17,20,30H,5-8,10-14H2,1-4H3/t20-/m1/s1. The van der Waals surface area contributed by atoms with Crippen molar-refractivity contribution in [2.75, 3.05) is 44.2 Å². The lowest BCUT2D eigenvalue weighted by Crippen LogP contribution is -2.67. The molecule has 2 aromatic heterocycles. The van der Waals surface area contributed by atoms with Gasteiger partial charge in [-0.05, 0) is 57.1 Å². The first kappa shape index (κ1) is 21.6. The second-order valence-corrected chi connectivity index (χ2v) is 11.7. The van der Waals surface area contributed by atoms with Crippen LogP contribution in [0.2, 0.25) is 6.82 Å².